The summed E-state index contributed by atoms with van der Waals surface area (Å²) in [5.74, 6) is -0.721. The third kappa shape index (κ3) is 29.5. The lowest BCUT2D eigenvalue weighted by molar-refractivity contribution is -0.303. The molecule has 0 aromatic heterocycles. The van der Waals surface area contributed by atoms with Gasteiger partial charge in [-0.3, -0.25) is 4.79 Å². The predicted molar refractivity (Wildman–Crippen MR) is 251 cm³/mol. The number of aliphatic hydroxyl groups excluding tert-OH is 7. The molecule has 11 nitrogen and oxygen atoms in total. The number of rotatable bonds is 41. The van der Waals surface area contributed by atoms with Crippen molar-refractivity contribution in [2.24, 2.45) is 0 Å². The van der Waals surface area contributed by atoms with E-state index in [4.69, 9.17) is 9.47 Å². The van der Waals surface area contributed by atoms with E-state index in [9.17, 15) is 40.5 Å². The molecule has 0 radical (unpaired) electrons. The molecule has 1 fully saturated rings. The Labute approximate surface area is 377 Å². The van der Waals surface area contributed by atoms with Gasteiger partial charge >= 0.3 is 0 Å². The van der Waals surface area contributed by atoms with Gasteiger partial charge in [-0.2, -0.15) is 0 Å². The number of allylic oxidation sites excluding steroid dienone is 8. The first-order valence-electron chi connectivity index (χ1n) is 25.0. The summed E-state index contributed by atoms with van der Waals surface area (Å²) in [5.41, 5.74) is 0. The molecule has 1 amide bonds. The molecule has 1 rings (SSSR count). The van der Waals surface area contributed by atoms with Gasteiger partial charge in [-0.05, 0) is 83.5 Å². The van der Waals surface area contributed by atoms with Crippen LogP contribution in [0.1, 0.15) is 200 Å². The zero-order valence-corrected chi connectivity index (χ0v) is 39.1. The summed E-state index contributed by atoms with van der Waals surface area (Å²) >= 11 is 0. The van der Waals surface area contributed by atoms with Crippen molar-refractivity contribution in [2.75, 3.05) is 13.2 Å². The Hall–Kier alpha value is -1.93. The van der Waals surface area contributed by atoms with Crippen molar-refractivity contribution in [3.63, 3.8) is 0 Å². The van der Waals surface area contributed by atoms with Crippen LogP contribution in [0.15, 0.2) is 48.6 Å². The highest BCUT2D eigenvalue weighted by Gasteiger charge is 2.44. The molecule has 1 aliphatic rings. The number of amides is 1. The first-order chi connectivity index (χ1) is 30.2. The Morgan fingerprint density at radius 2 is 1.02 bits per heavy atom. The Balaban J connectivity index is 2.46. The number of nitrogens with one attached hydrogen (secondary N) is 1. The second-order valence-corrected chi connectivity index (χ2v) is 17.5. The number of carbonyl (C=O) groups is 1. The smallest absolute Gasteiger partial charge is 0.249 e. The maximum absolute atomic E-state index is 13.1. The van der Waals surface area contributed by atoms with Gasteiger partial charge in [0.15, 0.2) is 6.29 Å². The summed E-state index contributed by atoms with van der Waals surface area (Å²) in [6.45, 7) is 3.39. The van der Waals surface area contributed by atoms with Crippen molar-refractivity contribution < 1.29 is 50.0 Å². The Kier molecular flexibility index (Phi) is 38.0. The minimum absolute atomic E-state index is 0.237. The molecule has 9 atom stereocenters. The quantitative estimate of drug-likeness (QED) is 0.0218. The SMILES string of the molecule is CCCCC/C=C\C/C=C\CCCCCCCCC(O)C(=O)NC(COC1OC(CO)C(O)C(O)C1O)C(O)C(O)CCC/C=C/CC/C=C/CCCCCCCCCCCC. The molecule has 362 valence electrons. The van der Waals surface area contributed by atoms with Crippen LogP contribution >= 0.6 is 0 Å². The Morgan fingerprint density at radius 3 is 1.56 bits per heavy atom. The summed E-state index contributed by atoms with van der Waals surface area (Å²) in [6.07, 6.45) is 37.2. The van der Waals surface area contributed by atoms with Gasteiger partial charge in [-0.1, -0.05) is 165 Å². The van der Waals surface area contributed by atoms with E-state index in [1.165, 1.54) is 83.5 Å². The van der Waals surface area contributed by atoms with Gasteiger partial charge in [0.2, 0.25) is 5.91 Å². The fraction of sp³-hybridized carbons (Fsp3) is 0.824. The highest BCUT2D eigenvalue weighted by atomic mass is 16.7. The number of carbonyl (C=O) groups excluding carboxylic acids is 1. The monoisotopic (exact) mass is 880 g/mol. The normalized spacial score (nSPS) is 21.7. The van der Waals surface area contributed by atoms with Gasteiger partial charge in [0.1, 0.15) is 36.6 Å². The van der Waals surface area contributed by atoms with Crippen LogP contribution in [0, 0.1) is 0 Å². The van der Waals surface area contributed by atoms with Crippen molar-refractivity contribution in [2.45, 2.75) is 255 Å². The molecule has 1 saturated heterocycles. The van der Waals surface area contributed by atoms with E-state index in [0.717, 1.165) is 70.6 Å². The summed E-state index contributed by atoms with van der Waals surface area (Å²) in [6, 6.07) is -1.20. The molecule has 0 aliphatic carbocycles. The molecular weight excluding hydrogens is 787 g/mol. The van der Waals surface area contributed by atoms with Crippen LogP contribution in [0.4, 0.5) is 0 Å². The van der Waals surface area contributed by atoms with Crippen LogP contribution in [0.3, 0.4) is 0 Å². The van der Waals surface area contributed by atoms with Crippen molar-refractivity contribution in [1.29, 1.82) is 0 Å². The molecule has 0 saturated carbocycles. The Bertz CT molecular complexity index is 1150. The van der Waals surface area contributed by atoms with Crippen LogP contribution in [0.5, 0.6) is 0 Å². The minimum atomic E-state index is -1.67. The molecule has 1 aliphatic heterocycles. The fourth-order valence-corrected chi connectivity index (χ4v) is 7.66. The molecule has 0 aromatic rings. The average molecular weight is 880 g/mol. The molecule has 0 spiro atoms. The summed E-state index contributed by atoms with van der Waals surface area (Å²) in [5, 5.41) is 75.8. The molecule has 62 heavy (non-hydrogen) atoms. The summed E-state index contributed by atoms with van der Waals surface area (Å²) in [4.78, 5) is 13.1. The fourth-order valence-electron chi connectivity index (χ4n) is 7.66. The number of ether oxygens (including phenoxy) is 2. The number of hydrogen-bond acceptors (Lipinski definition) is 10. The van der Waals surface area contributed by atoms with Crippen LogP contribution in [0.2, 0.25) is 0 Å². The van der Waals surface area contributed by atoms with E-state index in [1.54, 1.807) is 0 Å². The molecule has 0 bridgehead atoms. The van der Waals surface area contributed by atoms with Crippen LogP contribution < -0.4 is 5.32 Å². The molecule has 0 aromatic carbocycles. The molecule has 8 N–H and O–H groups in total. The van der Waals surface area contributed by atoms with Crippen molar-refractivity contribution >= 4 is 5.91 Å². The number of hydrogen-bond donors (Lipinski definition) is 8. The lowest BCUT2D eigenvalue weighted by Crippen LogP contribution is -2.60. The largest absolute Gasteiger partial charge is 0.394 e. The van der Waals surface area contributed by atoms with Gasteiger partial charge in [0.25, 0.3) is 0 Å². The van der Waals surface area contributed by atoms with E-state index < -0.39 is 74.2 Å². The van der Waals surface area contributed by atoms with Crippen LogP contribution in [-0.4, -0.2) is 110 Å². The third-order valence-corrected chi connectivity index (χ3v) is 11.8. The van der Waals surface area contributed by atoms with Crippen molar-refractivity contribution in [3.8, 4) is 0 Å². The van der Waals surface area contributed by atoms with Crippen LogP contribution in [0.25, 0.3) is 0 Å². The van der Waals surface area contributed by atoms with Gasteiger partial charge in [-0.15, -0.1) is 0 Å². The molecule has 9 unspecified atom stereocenters. The van der Waals surface area contributed by atoms with Crippen molar-refractivity contribution in [3.05, 3.63) is 48.6 Å². The number of aliphatic hydroxyl groups is 7. The van der Waals surface area contributed by atoms with E-state index in [0.29, 0.717) is 19.3 Å². The first kappa shape index (κ1) is 58.1. The zero-order valence-electron chi connectivity index (χ0n) is 39.1. The highest BCUT2D eigenvalue weighted by Crippen LogP contribution is 2.23. The van der Waals surface area contributed by atoms with E-state index >= 15 is 0 Å². The number of unbranched alkanes of at least 4 members (excludes halogenated alkanes) is 21. The zero-order chi connectivity index (χ0) is 45.5. The van der Waals surface area contributed by atoms with Gasteiger partial charge in [0.05, 0.1) is 25.4 Å². The Morgan fingerprint density at radius 1 is 0.565 bits per heavy atom. The van der Waals surface area contributed by atoms with Crippen molar-refractivity contribution in [1.82, 2.24) is 5.32 Å². The molecule has 1 heterocycles. The lowest BCUT2D eigenvalue weighted by Gasteiger charge is -2.40. The second kappa shape index (κ2) is 40.6. The van der Waals surface area contributed by atoms with Gasteiger partial charge < -0.3 is 50.5 Å². The van der Waals surface area contributed by atoms with E-state index in [1.807, 2.05) is 0 Å². The van der Waals surface area contributed by atoms with Gasteiger partial charge in [0, 0.05) is 0 Å². The molecular formula is C51H93NO10. The predicted octanol–water partition coefficient (Wildman–Crippen LogP) is 8.95. The standard InChI is InChI=1S/C51H93NO10/c1-3-5-7-9-11-13-15-17-19-21-22-23-25-26-28-30-32-34-36-38-43(54)46(56)42(41-61-51-49(59)48(58)47(57)45(40-53)62-51)52-50(60)44(55)39-37-35-33-31-29-27-24-20-18-16-14-12-10-8-6-4-2/h12,14,18,20,23,25,30,32,42-49,51,53-59H,3-11,13,15-17,19,21-22,24,26-29,31,33-41H2,1-2H3,(H,52,60)/b14-12-,20-18-,25-23+,32-30+. The van der Waals surface area contributed by atoms with Crippen LogP contribution in [-0.2, 0) is 14.3 Å². The maximum Gasteiger partial charge on any atom is 0.249 e. The summed E-state index contributed by atoms with van der Waals surface area (Å²) < 4.78 is 11.1. The van der Waals surface area contributed by atoms with E-state index in [2.05, 4.69) is 67.8 Å². The second-order valence-electron chi connectivity index (χ2n) is 17.5. The molecule has 11 heteroatoms. The maximum atomic E-state index is 13.1. The highest BCUT2D eigenvalue weighted by molar-refractivity contribution is 5.80. The third-order valence-electron chi connectivity index (χ3n) is 11.8. The topological polar surface area (TPSA) is 189 Å². The summed E-state index contributed by atoms with van der Waals surface area (Å²) in [7, 11) is 0. The lowest BCUT2D eigenvalue weighted by atomic mass is 9.98. The van der Waals surface area contributed by atoms with Gasteiger partial charge in [-0.25, -0.2) is 0 Å². The first-order valence-corrected chi connectivity index (χ1v) is 25.0. The average Bonchev–Trinajstić information content (AvgIpc) is 3.27. The minimum Gasteiger partial charge on any atom is -0.394 e. The van der Waals surface area contributed by atoms with E-state index in [-0.39, 0.29) is 12.8 Å².